The van der Waals surface area contributed by atoms with Crippen molar-refractivity contribution in [2.45, 2.75) is 60.2 Å². The molecule has 0 saturated carbocycles. The monoisotopic (exact) mass is 898 g/mol. The molecule has 1 saturated heterocycles. The van der Waals surface area contributed by atoms with Gasteiger partial charge in [-0.3, -0.25) is 0 Å². The molecule has 1 heterocycles. The van der Waals surface area contributed by atoms with Gasteiger partial charge in [-0.2, -0.15) is 0 Å². The summed E-state index contributed by atoms with van der Waals surface area (Å²) in [5.74, 6) is 146. The van der Waals surface area contributed by atoms with Crippen LogP contribution in [0.3, 0.4) is 0 Å². The minimum atomic E-state index is 0.0676. The maximum atomic E-state index is 5.63. The molecular weight excluding hydrogens is 873 g/mol. The lowest BCUT2D eigenvalue weighted by atomic mass is 9.99. The second-order valence-corrected chi connectivity index (χ2v) is 12.2. The van der Waals surface area contributed by atoms with Gasteiger partial charge in [0.2, 0.25) is 0 Å². The van der Waals surface area contributed by atoms with Gasteiger partial charge in [0.15, 0.2) is 6.29 Å². The molecule has 1 aliphatic rings. The highest BCUT2D eigenvalue weighted by atomic mass is 16.7. The molecule has 0 aromatic heterocycles. The van der Waals surface area contributed by atoms with Crippen LogP contribution in [0.1, 0.15) is 53.9 Å². The Bertz CT molecular complexity index is 3820. The molecule has 0 aromatic rings. The number of rotatable bonds is 2. The second-order valence-electron chi connectivity index (χ2n) is 12.2. The van der Waals surface area contributed by atoms with Crippen molar-refractivity contribution in [1.82, 2.24) is 0 Å². The van der Waals surface area contributed by atoms with Crippen molar-refractivity contribution in [2.24, 2.45) is 5.41 Å². The lowest BCUT2D eigenvalue weighted by Crippen LogP contribution is -2.26. The van der Waals surface area contributed by atoms with E-state index in [1.807, 2.05) is 0 Å². The van der Waals surface area contributed by atoms with Crippen LogP contribution in [-0.4, -0.2) is 19.5 Å². The van der Waals surface area contributed by atoms with E-state index in [-0.39, 0.29) is 11.7 Å². The average molecular weight is 899 g/mol. The Hall–Kier alpha value is -12.8. The van der Waals surface area contributed by atoms with E-state index in [0.29, 0.717) is 0 Å². The minimum Gasteiger partial charge on any atom is -0.353 e. The van der Waals surface area contributed by atoms with E-state index in [4.69, 9.17) is 9.47 Å². The summed E-state index contributed by atoms with van der Waals surface area (Å²) in [6.45, 7) is 11.6. The van der Waals surface area contributed by atoms with Crippen molar-refractivity contribution in [3.05, 3.63) is 0 Å². The zero-order valence-corrected chi connectivity index (χ0v) is 39.4. The first-order valence-corrected chi connectivity index (χ1v) is 20.1. The normalized spacial score (nSPS) is 7.60. The molecule has 0 radical (unpaired) electrons. The number of hydrogen-bond donors (Lipinski definition) is 0. The predicted molar refractivity (Wildman–Crippen MR) is 286 cm³/mol. The minimum absolute atomic E-state index is 0.0676. The first kappa shape index (κ1) is 59.2. The number of hydrogen-bond acceptors (Lipinski definition) is 2. The van der Waals surface area contributed by atoms with Crippen LogP contribution in [0.2, 0.25) is 0 Å². The van der Waals surface area contributed by atoms with Gasteiger partial charge in [-0.1, -0.05) is 32.6 Å². The molecule has 2 heteroatoms. The van der Waals surface area contributed by atoms with Crippen LogP contribution in [0.25, 0.3) is 0 Å². The third-order valence-corrected chi connectivity index (χ3v) is 5.53. The van der Waals surface area contributed by atoms with E-state index < -0.39 is 0 Å². The Morgan fingerprint density at radius 1 is 0.278 bits per heavy atom. The molecule has 1 fully saturated rings. The molecule has 1 atom stereocenters. The van der Waals surface area contributed by atoms with E-state index in [2.05, 4.69) is 364 Å². The summed E-state index contributed by atoms with van der Waals surface area (Å²) in [5.41, 5.74) is 0.251. The molecule has 318 valence electrons. The highest BCUT2D eigenvalue weighted by Gasteiger charge is 2.18. The molecule has 1 aliphatic heterocycles. The van der Waals surface area contributed by atoms with Gasteiger partial charge in [0, 0.05) is 243 Å². The Labute approximate surface area is 429 Å². The van der Waals surface area contributed by atoms with Crippen molar-refractivity contribution >= 4 is 0 Å². The van der Waals surface area contributed by atoms with Crippen LogP contribution in [0.15, 0.2) is 0 Å². The second kappa shape index (κ2) is 50.8. The van der Waals surface area contributed by atoms with Crippen molar-refractivity contribution in [1.29, 1.82) is 0 Å². The van der Waals surface area contributed by atoms with E-state index in [1.54, 1.807) is 13.8 Å². The summed E-state index contributed by atoms with van der Waals surface area (Å²) in [6, 6.07) is 0. The molecule has 0 aliphatic carbocycles. The quantitative estimate of drug-likeness (QED) is 0.395. The third-order valence-electron chi connectivity index (χ3n) is 5.53. The van der Waals surface area contributed by atoms with Gasteiger partial charge in [0.1, 0.15) is 0 Å². The van der Waals surface area contributed by atoms with Crippen molar-refractivity contribution in [3.8, 4) is 343 Å². The topological polar surface area (TPSA) is 18.5 Å². The Kier molecular flexibility index (Phi) is 41.7. The standard InChI is InChI=1S/C60H6.C10H20O2/c1-3-5-7-9-11-13-15-17-19-21-23-25-27-29-31-33-35-37-39-41-43-45-47-49-51-53-55-57-59-60-58-56-54-52-50-48-46-44-42-40-38-36-34-32-30-28-26-24-22-20-18-16-14-12-10-8-6-4-2;1-10(2,3)8-12-9-6-4-5-7-11-9/h1-2H3;9H,4-8H2,1-3H3. The SMILES string of the molecule is CC#CC#CC#CC#CC#CC#CC#CC#CC#CC#CC#CC#CC#CC#CC#CC#CC#CC#CC#CC#CC#CC#CC#CC#CC#CC#CC#CC#CC#CC.CC(C)(C)COC1CCCCO1. The molecule has 2 nitrogen and oxygen atoms in total. The summed E-state index contributed by atoms with van der Waals surface area (Å²) in [6.07, 6.45) is 3.57. The molecule has 72 heavy (non-hydrogen) atoms. The summed E-state index contributed by atoms with van der Waals surface area (Å²) in [5, 5.41) is 0. The summed E-state index contributed by atoms with van der Waals surface area (Å²) >= 11 is 0. The van der Waals surface area contributed by atoms with Crippen LogP contribution in [0.5, 0.6) is 0 Å². The van der Waals surface area contributed by atoms with Crippen molar-refractivity contribution in [3.63, 3.8) is 0 Å². The summed E-state index contributed by atoms with van der Waals surface area (Å²) in [7, 11) is 0. The zero-order valence-electron chi connectivity index (χ0n) is 39.4. The van der Waals surface area contributed by atoms with Crippen molar-refractivity contribution < 1.29 is 9.47 Å². The Morgan fingerprint density at radius 2 is 0.444 bits per heavy atom. The van der Waals surface area contributed by atoms with Crippen LogP contribution < -0.4 is 0 Å². The average Bonchev–Trinajstić information content (AvgIpc) is 3.38. The van der Waals surface area contributed by atoms with Gasteiger partial charge >= 0.3 is 0 Å². The van der Waals surface area contributed by atoms with Gasteiger partial charge in [-0.25, -0.2) is 0 Å². The Morgan fingerprint density at radius 3 is 0.569 bits per heavy atom. The highest BCUT2D eigenvalue weighted by Crippen LogP contribution is 2.19. The molecule has 0 bridgehead atoms. The van der Waals surface area contributed by atoms with Crippen LogP contribution in [0, 0.1) is 349 Å². The van der Waals surface area contributed by atoms with Crippen LogP contribution >= 0.6 is 0 Å². The fourth-order valence-corrected chi connectivity index (χ4v) is 3.00. The first-order valence-electron chi connectivity index (χ1n) is 20.1. The van der Waals surface area contributed by atoms with Gasteiger partial charge in [-0.05, 0) is 133 Å². The van der Waals surface area contributed by atoms with E-state index >= 15 is 0 Å². The zero-order chi connectivity index (χ0) is 52.0. The first-order chi connectivity index (χ1) is 35.5. The lowest BCUT2D eigenvalue weighted by molar-refractivity contribution is -0.174. The smallest absolute Gasteiger partial charge is 0.157 e. The predicted octanol–water partition coefficient (Wildman–Crippen LogP) is 3.70. The largest absolute Gasteiger partial charge is 0.353 e. The Balaban J connectivity index is 0.00000363. The third kappa shape index (κ3) is 53.3. The maximum Gasteiger partial charge on any atom is 0.157 e. The lowest BCUT2D eigenvalue weighted by Gasteiger charge is -2.26. The van der Waals surface area contributed by atoms with E-state index in [0.717, 1.165) is 19.6 Å². The van der Waals surface area contributed by atoms with Gasteiger partial charge in [0.05, 0.1) is 6.61 Å². The molecule has 0 N–H and O–H groups in total. The molecule has 0 amide bonds. The van der Waals surface area contributed by atoms with E-state index in [9.17, 15) is 0 Å². The maximum absolute atomic E-state index is 5.63. The molecule has 1 rings (SSSR count). The van der Waals surface area contributed by atoms with E-state index in [1.165, 1.54) is 12.8 Å². The van der Waals surface area contributed by atoms with Gasteiger partial charge in [0.25, 0.3) is 0 Å². The fourth-order valence-electron chi connectivity index (χ4n) is 3.00. The van der Waals surface area contributed by atoms with Crippen molar-refractivity contribution in [2.75, 3.05) is 13.2 Å². The van der Waals surface area contributed by atoms with Crippen LogP contribution in [0.4, 0.5) is 0 Å². The fraction of sp³-hybridized carbons (Fsp3) is 0.171. The summed E-state index contributed by atoms with van der Waals surface area (Å²) in [4.78, 5) is 0. The van der Waals surface area contributed by atoms with Crippen LogP contribution in [-0.2, 0) is 9.47 Å². The molecule has 0 aromatic carbocycles. The highest BCUT2D eigenvalue weighted by molar-refractivity contribution is 5.52. The molecule has 1 unspecified atom stereocenters. The summed E-state index contributed by atoms with van der Waals surface area (Å²) < 4.78 is 11.1. The van der Waals surface area contributed by atoms with Gasteiger partial charge in [-0.15, -0.1) is 0 Å². The number of ether oxygens (including phenoxy) is 2. The molecular formula is C70H26O2. The molecule has 0 spiro atoms. The van der Waals surface area contributed by atoms with Gasteiger partial charge < -0.3 is 9.47 Å².